The lowest BCUT2D eigenvalue weighted by Crippen LogP contribution is -2.18. The van der Waals surface area contributed by atoms with Gasteiger partial charge in [-0.2, -0.15) is 5.10 Å². The van der Waals surface area contributed by atoms with Crippen molar-refractivity contribution in [2.24, 2.45) is 5.10 Å². The summed E-state index contributed by atoms with van der Waals surface area (Å²) in [5.74, 6) is -1.15. The summed E-state index contributed by atoms with van der Waals surface area (Å²) in [6.07, 6.45) is 1.53. The van der Waals surface area contributed by atoms with Crippen molar-refractivity contribution >= 4 is 63.0 Å². The molecule has 0 saturated heterocycles. The summed E-state index contributed by atoms with van der Waals surface area (Å²) in [7, 11) is 1.86. The Labute approximate surface area is 154 Å². The molecule has 2 aromatic carbocycles. The molecule has 0 radical (unpaired) electrons. The number of hydrazone groups is 1. The van der Waals surface area contributed by atoms with Gasteiger partial charge in [0.25, 0.3) is 5.91 Å². The van der Waals surface area contributed by atoms with Crippen LogP contribution >= 0.6 is 45.2 Å². The van der Waals surface area contributed by atoms with Crippen molar-refractivity contribution in [1.82, 2.24) is 5.43 Å². The van der Waals surface area contributed by atoms with Crippen LogP contribution in [0.2, 0.25) is 0 Å². The van der Waals surface area contributed by atoms with Gasteiger partial charge in [0.2, 0.25) is 0 Å². The van der Waals surface area contributed by atoms with Gasteiger partial charge in [0.1, 0.15) is 5.82 Å². The predicted molar refractivity (Wildman–Crippen MR) is 103 cm³/mol. The van der Waals surface area contributed by atoms with Crippen molar-refractivity contribution in [2.45, 2.75) is 0 Å². The fourth-order valence-electron chi connectivity index (χ4n) is 1.78. The van der Waals surface area contributed by atoms with E-state index in [4.69, 9.17) is 0 Å². The zero-order chi connectivity index (χ0) is 16.1. The zero-order valence-electron chi connectivity index (χ0n) is 11.5. The van der Waals surface area contributed by atoms with Crippen LogP contribution < -0.4 is 10.7 Å². The molecular formula is C15H12FI2N3O. The van der Waals surface area contributed by atoms with Crippen molar-refractivity contribution in [3.05, 3.63) is 60.5 Å². The van der Waals surface area contributed by atoms with E-state index >= 15 is 0 Å². The van der Waals surface area contributed by atoms with Gasteiger partial charge in [-0.05, 0) is 75.0 Å². The molecule has 0 bridgehead atoms. The molecule has 0 atom stereocenters. The number of benzene rings is 2. The second-order valence-electron chi connectivity index (χ2n) is 4.29. The maximum absolute atomic E-state index is 13.5. The first-order chi connectivity index (χ1) is 10.5. The molecular weight excluding hydrogens is 511 g/mol. The highest BCUT2D eigenvalue weighted by molar-refractivity contribution is 14.1. The second-order valence-corrected chi connectivity index (χ2v) is 6.61. The van der Waals surface area contributed by atoms with Crippen LogP contribution in [0.25, 0.3) is 0 Å². The molecule has 0 heterocycles. The van der Waals surface area contributed by atoms with Crippen molar-refractivity contribution in [3.63, 3.8) is 0 Å². The summed E-state index contributed by atoms with van der Waals surface area (Å²) >= 11 is 4.45. The van der Waals surface area contributed by atoms with E-state index in [1.54, 1.807) is 6.07 Å². The van der Waals surface area contributed by atoms with E-state index in [1.165, 1.54) is 24.4 Å². The smallest absolute Gasteiger partial charge is 0.274 e. The molecule has 114 valence electrons. The summed E-state index contributed by atoms with van der Waals surface area (Å²) in [6, 6.07) is 9.65. The van der Waals surface area contributed by atoms with Gasteiger partial charge in [-0.15, -0.1) is 0 Å². The minimum atomic E-state index is -0.578. The summed E-state index contributed by atoms with van der Waals surface area (Å²) in [5, 5.41) is 7.00. The van der Waals surface area contributed by atoms with Gasteiger partial charge in [0.15, 0.2) is 0 Å². The third-order valence-corrected chi connectivity index (χ3v) is 4.51. The largest absolute Gasteiger partial charge is 0.386 e. The maximum Gasteiger partial charge on any atom is 0.274 e. The minimum Gasteiger partial charge on any atom is -0.386 e. The van der Waals surface area contributed by atoms with Crippen LogP contribution in [0.1, 0.15) is 15.9 Å². The lowest BCUT2D eigenvalue weighted by atomic mass is 10.2. The van der Waals surface area contributed by atoms with Crippen LogP contribution in [0.15, 0.2) is 41.5 Å². The third kappa shape index (κ3) is 4.15. The molecule has 4 nitrogen and oxygen atoms in total. The van der Waals surface area contributed by atoms with E-state index in [2.05, 4.69) is 61.0 Å². The highest BCUT2D eigenvalue weighted by Gasteiger charge is 2.09. The van der Waals surface area contributed by atoms with Gasteiger partial charge in [-0.25, -0.2) is 9.82 Å². The number of halogens is 3. The molecule has 0 unspecified atom stereocenters. The number of nitrogens with one attached hydrogen (secondary N) is 2. The van der Waals surface area contributed by atoms with Crippen molar-refractivity contribution < 1.29 is 9.18 Å². The molecule has 0 spiro atoms. The number of rotatable bonds is 4. The SMILES string of the molecule is CNc1c(I)cc(/C=N\NC(=O)c2ccccc2F)cc1I. The average molecular weight is 523 g/mol. The molecule has 0 aliphatic rings. The number of hydrogen-bond donors (Lipinski definition) is 2. The van der Waals surface area contributed by atoms with Crippen LogP contribution in [0.4, 0.5) is 10.1 Å². The monoisotopic (exact) mass is 523 g/mol. The van der Waals surface area contributed by atoms with Crippen LogP contribution in [0.5, 0.6) is 0 Å². The highest BCUT2D eigenvalue weighted by Crippen LogP contribution is 2.25. The summed E-state index contributed by atoms with van der Waals surface area (Å²) in [4.78, 5) is 11.8. The molecule has 2 rings (SSSR count). The van der Waals surface area contributed by atoms with Crippen molar-refractivity contribution in [1.29, 1.82) is 0 Å². The zero-order valence-corrected chi connectivity index (χ0v) is 15.8. The maximum atomic E-state index is 13.5. The van der Waals surface area contributed by atoms with E-state index in [0.717, 1.165) is 18.4 Å². The normalized spacial score (nSPS) is 10.7. The standard InChI is InChI=1S/C15H12FI2N3O/c1-19-14-12(17)6-9(7-13(14)18)8-20-21-15(22)10-4-2-3-5-11(10)16/h2-8,19H,1H3,(H,21,22)/b20-8-. The Hall–Kier alpha value is -1.23. The van der Waals surface area contributed by atoms with Crippen molar-refractivity contribution in [2.75, 3.05) is 12.4 Å². The average Bonchev–Trinajstić information content (AvgIpc) is 2.47. The molecule has 0 saturated carbocycles. The van der Waals surface area contributed by atoms with E-state index in [0.29, 0.717) is 0 Å². The first-order valence-electron chi connectivity index (χ1n) is 6.27. The molecule has 7 heteroatoms. The fraction of sp³-hybridized carbons (Fsp3) is 0.0667. The van der Waals surface area contributed by atoms with Gasteiger partial charge < -0.3 is 5.32 Å². The van der Waals surface area contributed by atoms with E-state index in [1.807, 2.05) is 19.2 Å². The minimum absolute atomic E-state index is 0.0330. The van der Waals surface area contributed by atoms with Gasteiger partial charge in [-0.1, -0.05) is 12.1 Å². The first kappa shape index (κ1) is 17.1. The van der Waals surface area contributed by atoms with Gasteiger partial charge >= 0.3 is 0 Å². The fourth-order valence-corrected chi connectivity index (χ4v) is 4.13. The summed E-state index contributed by atoms with van der Waals surface area (Å²) < 4.78 is 15.6. The van der Waals surface area contributed by atoms with E-state index < -0.39 is 11.7 Å². The molecule has 0 aromatic heterocycles. The number of hydrogen-bond acceptors (Lipinski definition) is 3. The van der Waals surface area contributed by atoms with Gasteiger partial charge in [-0.3, -0.25) is 4.79 Å². The Morgan fingerprint density at radius 2 is 1.86 bits per heavy atom. The van der Waals surface area contributed by atoms with Crippen molar-refractivity contribution in [3.8, 4) is 0 Å². The number of amides is 1. The Kier molecular flexibility index (Phi) is 6.12. The van der Waals surface area contributed by atoms with Crippen LogP contribution in [-0.2, 0) is 0 Å². The molecule has 2 N–H and O–H groups in total. The molecule has 1 amide bonds. The predicted octanol–water partition coefficient (Wildman–Crippen LogP) is 3.84. The Bertz CT molecular complexity index is 711. The summed E-state index contributed by atoms with van der Waals surface area (Å²) in [5.41, 5.74) is 4.19. The Morgan fingerprint density at radius 3 is 2.45 bits per heavy atom. The lowest BCUT2D eigenvalue weighted by molar-refractivity contribution is 0.0951. The topological polar surface area (TPSA) is 53.5 Å². The van der Waals surface area contributed by atoms with E-state index in [-0.39, 0.29) is 5.56 Å². The Balaban J connectivity index is 2.10. The van der Waals surface area contributed by atoms with Gasteiger partial charge in [0.05, 0.1) is 17.5 Å². The number of carbonyl (C=O) groups excluding carboxylic acids is 1. The highest BCUT2D eigenvalue weighted by atomic mass is 127. The number of anilines is 1. The molecule has 22 heavy (non-hydrogen) atoms. The Morgan fingerprint density at radius 1 is 1.23 bits per heavy atom. The number of carbonyl (C=O) groups is 1. The van der Waals surface area contributed by atoms with Crippen LogP contribution in [0, 0.1) is 13.0 Å². The molecule has 2 aromatic rings. The summed E-state index contributed by atoms with van der Waals surface area (Å²) in [6.45, 7) is 0. The molecule has 0 aliphatic carbocycles. The molecule has 0 fully saturated rings. The lowest BCUT2D eigenvalue weighted by Gasteiger charge is -2.07. The third-order valence-electron chi connectivity index (χ3n) is 2.81. The molecule has 0 aliphatic heterocycles. The van der Waals surface area contributed by atoms with Crippen LogP contribution in [0.3, 0.4) is 0 Å². The van der Waals surface area contributed by atoms with E-state index in [9.17, 15) is 9.18 Å². The quantitative estimate of drug-likeness (QED) is 0.364. The van der Waals surface area contributed by atoms with Gasteiger partial charge in [0, 0.05) is 14.2 Å². The van der Waals surface area contributed by atoms with Crippen LogP contribution in [-0.4, -0.2) is 19.2 Å². The first-order valence-corrected chi connectivity index (χ1v) is 8.43. The second kappa shape index (κ2) is 7.86. The number of nitrogens with zero attached hydrogens (tertiary/aromatic N) is 1.